The van der Waals surface area contributed by atoms with Crippen LogP contribution in [0.4, 0.5) is 5.95 Å². The highest BCUT2D eigenvalue weighted by atomic mass is 32.2. The van der Waals surface area contributed by atoms with Crippen LogP contribution in [0.2, 0.25) is 0 Å². The van der Waals surface area contributed by atoms with Gasteiger partial charge in [0.1, 0.15) is 11.5 Å². The van der Waals surface area contributed by atoms with Crippen LogP contribution >= 0.6 is 0 Å². The summed E-state index contributed by atoms with van der Waals surface area (Å²) in [5.74, 6) is 0.992. The van der Waals surface area contributed by atoms with Crippen molar-refractivity contribution in [2.24, 2.45) is 0 Å². The number of H-pyrrole nitrogens is 1. The van der Waals surface area contributed by atoms with Gasteiger partial charge in [-0.25, -0.2) is 13.1 Å². The van der Waals surface area contributed by atoms with E-state index in [2.05, 4.69) is 25.2 Å². The summed E-state index contributed by atoms with van der Waals surface area (Å²) in [6.45, 7) is 0.823. The first kappa shape index (κ1) is 23.7. The number of nitrogens with zero attached hydrogens (tertiary/aromatic N) is 2. The van der Waals surface area contributed by atoms with Gasteiger partial charge in [0.15, 0.2) is 5.82 Å². The van der Waals surface area contributed by atoms with Crippen molar-refractivity contribution < 1.29 is 27.4 Å². The van der Waals surface area contributed by atoms with Crippen LogP contribution in [0.3, 0.4) is 0 Å². The molecule has 0 radical (unpaired) electrons. The normalized spacial score (nSPS) is 15.8. The molecule has 1 unspecified atom stereocenters. The van der Waals surface area contributed by atoms with E-state index in [4.69, 9.17) is 14.2 Å². The highest BCUT2D eigenvalue weighted by Crippen LogP contribution is 2.31. The van der Waals surface area contributed by atoms with Crippen LogP contribution in [-0.2, 0) is 14.8 Å². The van der Waals surface area contributed by atoms with Crippen LogP contribution in [0.5, 0.6) is 11.5 Å². The van der Waals surface area contributed by atoms with Gasteiger partial charge >= 0.3 is 0 Å². The summed E-state index contributed by atoms with van der Waals surface area (Å²) in [4.78, 5) is 17.0. The molecular weight excluding hydrogens is 462 g/mol. The van der Waals surface area contributed by atoms with Crippen molar-refractivity contribution in [3.8, 4) is 22.9 Å². The number of aromatic nitrogens is 3. The number of methoxy groups -OCH3 is 2. The zero-order valence-corrected chi connectivity index (χ0v) is 19.5. The van der Waals surface area contributed by atoms with Crippen molar-refractivity contribution in [2.75, 3.05) is 32.7 Å². The molecule has 1 aliphatic rings. The number of benzene rings is 2. The summed E-state index contributed by atoms with van der Waals surface area (Å²) < 4.78 is 43.8. The topological polar surface area (TPSA) is 145 Å². The van der Waals surface area contributed by atoms with Gasteiger partial charge in [-0.05, 0) is 43.2 Å². The molecular formula is C22H25N5O6S. The maximum atomic E-state index is 12.7. The van der Waals surface area contributed by atoms with E-state index in [1.807, 2.05) is 0 Å². The molecule has 1 atom stereocenters. The molecule has 34 heavy (non-hydrogen) atoms. The van der Waals surface area contributed by atoms with E-state index in [0.29, 0.717) is 29.5 Å². The minimum absolute atomic E-state index is 0.0169. The molecule has 3 N–H and O–H groups in total. The molecule has 2 heterocycles. The lowest BCUT2D eigenvalue weighted by Crippen LogP contribution is -2.32. The molecule has 0 bridgehead atoms. The summed E-state index contributed by atoms with van der Waals surface area (Å²) in [5.41, 5.74) is 0.773. The molecule has 4 rings (SSSR count). The zero-order chi connectivity index (χ0) is 24.1. The molecule has 3 aromatic rings. The zero-order valence-electron chi connectivity index (χ0n) is 18.7. The summed E-state index contributed by atoms with van der Waals surface area (Å²) in [6.07, 6.45) is 1.59. The van der Waals surface area contributed by atoms with E-state index in [0.717, 1.165) is 12.8 Å². The van der Waals surface area contributed by atoms with Gasteiger partial charge in [0.05, 0.1) is 30.8 Å². The molecule has 0 saturated carbocycles. The van der Waals surface area contributed by atoms with E-state index < -0.39 is 15.9 Å². The summed E-state index contributed by atoms with van der Waals surface area (Å²) in [7, 11) is -0.719. The standard InChI is InChI=1S/C22H25N5O6S/c1-31-15-8-9-18(19(12-15)32-2)20-24-22(27-26-20)25-21(28)14-5-3-7-17(11-14)34(29,30)23-13-16-6-4-10-33-16/h3,5,7-9,11-12,16,23H,4,6,10,13H2,1-2H3,(H2,24,25,26,27,28). The second-order valence-corrected chi connectivity index (χ2v) is 9.31. The number of ether oxygens (including phenoxy) is 3. The Labute approximate surface area is 196 Å². The number of anilines is 1. The molecule has 0 aliphatic carbocycles. The maximum absolute atomic E-state index is 12.7. The lowest BCUT2D eigenvalue weighted by atomic mass is 10.2. The Balaban J connectivity index is 1.46. The number of hydrogen-bond acceptors (Lipinski definition) is 8. The lowest BCUT2D eigenvalue weighted by Gasteiger charge is -2.12. The largest absolute Gasteiger partial charge is 0.497 e. The summed E-state index contributed by atoms with van der Waals surface area (Å²) in [5, 5.41) is 9.35. The monoisotopic (exact) mass is 487 g/mol. The second-order valence-electron chi connectivity index (χ2n) is 7.54. The molecule has 1 aromatic heterocycles. The Hall–Kier alpha value is -3.48. The molecule has 12 heteroatoms. The van der Waals surface area contributed by atoms with Crippen molar-refractivity contribution in [1.29, 1.82) is 0 Å². The highest BCUT2D eigenvalue weighted by Gasteiger charge is 2.21. The predicted molar refractivity (Wildman–Crippen MR) is 123 cm³/mol. The molecule has 180 valence electrons. The minimum Gasteiger partial charge on any atom is -0.497 e. The molecule has 2 aromatic carbocycles. The fourth-order valence-electron chi connectivity index (χ4n) is 3.50. The predicted octanol–water partition coefficient (Wildman–Crippen LogP) is 2.20. The third kappa shape index (κ3) is 5.35. The number of sulfonamides is 1. The van der Waals surface area contributed by atoms with Gasteiger partial charge in [-0.3, -0.25) is 15.2 Å². The average Bonchev–Trinajstić information content (AvgIpc) is 3.55. The van der Waals surface area contributed by atoms with Crippen molar-refractivity contribution in [3.05, 3.63) is 48.0 Å². The number of rotatable bonds is 9. The molecule has 1 saturated heterocycles. The Morgan fingerprint density at radius 1 is 1.21 bits per heavy atom. The first-order chi connectivity index (χ1) is 16.4. The van der Waals surface area contributed by atoms with Gasteiger partial charge in [-0.15, -0.1) is 5.10 Å². The first-order valence-corrected chi connectivity index (χ1v) is 12.1. The van der Waals surface area contributed by atoms with Gasteiger partial charge in [-0.1, -0.05) is 6.07 Å². The maximum Gasteiger partial charge on any atom is 0.258 e. The van der Waals surface area contributed by atoms with Crippen molar-refractivity contribution in [1.82, 2.24) is 19.9 Å². The molecule has 1 aliphatic heterocycles. The summed E-state index contributed by atoms with van der Waals surface area (Å²) in [6, 6.07) is 10.9. The van der Waals surface area contributed by atoms with Crippen molar-refractivity contribution in [3.63, 3.8) is 0 Å². The molecule has 0 spiro atoms. The van der Waals surface area contributed by atoms with Gasteiger partial charge in [0.25, 0.3) is 5.91 Å². The van der Waals surface area contributed by atoms with E-state index in [9.17, 15) is 13.2 Å². The number of hydrogen-bond donors (Lipinski definition) is 3. The lowest BCUT2D eigenvalue weighted by molar-refractivity contribution is 0.102. The first-order valence-electron chi connectivity index (χ1n) is 10.6. The Morgan fingerprint density at radius 2 is 2.06 bits per heavy atom. The highest BCUT2D eigenvalue weighted by molar-refractivity contribution is 7.89. The number of carbonyl (C=O) groups excluding carboxylic acids is 1. The molecule has 1 amide bonds. The van der Waals surface area contributed by atoms with E-state index in [1.165, 1.54) is 31.4 Å². The third-order valence-electron chi connectivity index (χ3n) is 5.31. The van der Waals surface area contributed by atoms with Crippen LogP contribution in [0, 0.1) is 0 Å². The van der Waals surface area contributed by atoms with Crippen LogP contribution in [0.15, 0.2) is 47.4 Å². The minimum atomic E-state index is -3.79. The quantitative estimate of drug-likeness (QED) is 0.417. The number of carbonyl (C=O) groups is 1. The fourth-order valence-corrected chi connectivity index (χ4v) is 4.61. The van der Waals surface area contributed by atoms with Crippen LogP contribution < -0.4 is 19.5 Å². The fraction of sp³-hybridized carbons (Fsp3) is 0.318. The van der Waals surface area contributed by atoms with Gasteiger partial charge in [0.2, 0.25) is 16.0 Å². The molecule has 11 nitrogen and oxygen atoms in total. The van der Waals surface area contributed by atoms with Crippen molar-refractivity contribution >= 4 is 21.9 Å². The van der Waals surface area contributed by atoms with Crippen molar-refractivity contribution in [2.45, 2.75) is 23.8 Å². The number of nitrogens with one attached hydrogen (secondary N) is 3. The van der Waals surface area contributed by atoms with E-state index in [1.54, 1.807) is 25.3 Å². The van der Waals surface area contributed by atoms with Gasteiger partial charge in [0, 0.05) is 24.8 Å². The Morgan fingerprint density at radius 3 is 2.79 bits per heavy atom. The van der Waals surface area contributed by atoms with E-state index in [-0.39, 0.29) is 29.1 Å². The average molecular weight is 488 g/mol. The van der Waals surface area contributed by atoms with Crippen LogP contribution in [0.1, 0.15) is 23.2 Å². The Bertz CT molecular complexity index is 1270. The smallest absolute Gasteiger partial charge is 0.258 e. The number of aromatic amines is 1. The number of amides is 1. The second kappa shape index (κ2) is 10.2. The van der Waals surface area contributed by atoms with Crippen LogP contribution in [-0.4, -0.2) is 63.0 Å². The van der Waals surface area contributed by atoms with Gasteiger partial charge in [-0.2, -0.15) is 4.98 Å². The van der Waals surface area contributed by atoms with Gasteiger partial charge < -0.3 is 14.2 Å². The summed E-state index contributed by atoms with van der Waals surface area (Å²) >= 11 is 0. The van der Waals surface area contributed by atoms with E-state index >= 15 is 0 Å². The Kier molecular flexibility index (Phi) is 7.10. The molecule has 1 fully saturated rings. The SMILES string of the molecule is COc1ccc(-c2nc(NC(=O)c3cccc(S(=O)(=O)NCC4CCCO4)c3)n[nH]2)c(OC)c1. The van der Waals surface area contributed by atoms with Crippen LogP contribution in [0.25, 0.3) is 11.4 Å². The third-order valence-corrected chi connectivity index (χ3v) is 6.73.